The number of carbonyl (C=O) groups excluding carboxylic acids is 3. The molecule has 1 atom stereocenters. The second-order valence-corrected chi connectivity index (χ2v) is 9.47. The first-order valence-electron chi connectivity index (χ1n) is 10.4. The van der Waals surface area contributed by atoms with Crippen molar-refractivity contribution in [3.8, 4) is 5.75 Å². The van der Waals surface area contributed by atoms with Crippen LogP contribution in [0.5, 0.6) is 5.75 Å². The number of ether oxygens (including phenoxy) is 1. The molecular weight excluding hydrogens is 425 g/mol. The van der Waals surface area contributed by atoms with E-state index >= 15 is 0 Å². The zero-order valence-electron chi connectivity index (χ0n) is 18.7. The first-order chi connectivity index (χ1) is 14.7. The van der Waals surface area contributed by atoms with Gasteiger partial charge in [-0.25, -0.2) is 0 Å². The third-order valence-corrected chi connectivity index (χ3v) is 5.74. The molecule has 6 nitrogen and oxygen atoms in total. The Labute approximate surface area is 184 Å². The van der Waals surface area contributed by atoms with Crippen molar-refractivity contribution in [3.05, 3.63) is 41.1 Å². The van der Waals surface area contributed by atoms with Crippen LogP contribution < -0.4 is 10.1 Å². The van der Waals surface area contributed by atoms with Crippen molar-refractivity contribution in [2.45, 2.75) is 52.3 Å². The molecule has 1 heterocycles. The number of rotatable bonds is 5. The second-order valence-electron chi connectivity index (χ2n) is 9.47. The summed E-state index contributed by atoms with van der Waals surface area (Å²) in [4.78, 5) is 40.5. The minimum atomic E-state index is -5.23. The minimum Gasteiger partial charge on any atom is -0.496 e. The second kappa shape index (κ2) is 7.94. The molecule has 1 N–H and O–H groups in total. The first-order valence-corrected chi connectivity index (χ1v) is 10.4. The van der Waals surface area contributed by atoms with E-state index in [0.29, 0.717) is 0 Å². The molecule has 1 aliphatic carbocycles. The molecule has 0 fully saturated rings. The summed E-state index contributed by atoms with van der Waals surface area (Å²) in [6.07, 6.45) is -5.27. The number of benzene rings is 1. The van der Waals surface area contributed by atoms with Crippen molar-refractivity contribution in [1.82, 2.24) is 10.2 Å². The Hall–Kier alpha value is -2.84. The Kier molecular flexibility index (Phi) is 5.91. The van der Waals surface area contributed by atoms with Gasteiger partial charge in [-0.15, -0.1) is 0 Å². The normalized spacial score (nSPS) is 23.0. The molecule has 0 saturated carbocycles. The van der Waals surface area contributed by atoms with Gasteiger partial charge >= 0.3 is 6.18 Å². The maximum absolute atomic E-state index is 14.7. The number of nitrogens with zero attached hydrogens (tertiary/aromatic N) is 1. The lowest BCUT2D eigenvalue weighted by Crippen LogP contribution is -2.66. The highest BCUT2D eigenvalue weighted by atomic mass is 19.4. The van der Waals surface area contributed by atoms with Crippen molar-refractivity contribution < 1.29 is 32.3 Å². The van der Waals surface area contributed by atoms with Crippen LogP contribution in [0, 0.1) is 11.3 Å². The summed E-state index contributed by atoms with van der Waals surface area (Å²) in [6, 6.07) is 5.76. The number of halogens is 3. The molecule has 0 spiro atoms. The van der Waals surface area contributed by atoms with Crippen LogP contribution in [0.1, 0.15) is 50.9 Å². The van der Waals surface area contributed by atoms with Gasteiger partial charge in [-0.1, -0.05) is 39.8 Å². The van der Waals surface area contributed by atoms with Crippen LogP contribution in [0.25, 0.3) is 0 Å². The Morgan fingerprint density at radius 3 is 2.38 bits per heavy atom. The Bertz CT molecular complexity index is 997. The van der Waals surface area contributed by atoms with Gasteiger partial charge in [-0.3, -0.25) is 14.4 Å². The molecule has 2 amide bonds. The number of amides is 2. The van der Waals surface area contributed by atoms with E-state index in [0.717, 1.165) is 4.90 Å². The fraction of sp³-hybridized carbons (Fsp3) is 0.522. The Morgan fingerprint density at radius 1 is 1.19 bits per heavy atom. The number of alkyl halides is 3. The number of methoxy groups -OCH3 is 1. The molecule has 1 aromatic rings. The predicted octanol–water partition coefficient (Wildman–Crippen LogP) is 3.87. The van der Waals surface area contributed by atoms with Crippen molar-refractivity contribution in [3.63, 3.8) is 0 Å². The van der Waals surface area contributed by atoms with E-state index in [-0.39, 0.29) is 42.3 Å². The van der Waals surface area contributed by atoms with Gasteiger partial charge in [0.25, 0.3) is 11.8 Å². The van der Waals surface area contributed by atoms with Gasteiger partial charge in [0.15, 0.2) is 5.78 Å². The van der Waals surface area contributed by atoms with Crippen molar-refractivity contribution in [2.24, 2.45) is 11.3 Å². The quantitative estimate of drug-likeness (QED) is 0.736. The number of hydrogen-bond acceptors (Lipinski definition) is 4. The molecule has 1 aromatic carbocycles. The molecule has 2 aliphatic rings. The number of para-hydroxylation sites is 1. The van der Waals surface area contributed by atoms with Crippen LogP contribution in [-0.2, 0) is 9.59 Å². The molecule has 0 aromatic heterocycles. The number of carbonyl (C=O) groups is 3. The van der Waals surface area contributed by atoms with E-state index < -0.39 is 40.3 Å². The fourth-order valence-corrected chi connectivity index (χ4v) is 4.45. The third kappa shape index (κ3) is 3.78. The molecule has 3 rings (SSSR count). The predicted molar refractivity (Wildman–Crippen MR) is 111 cm³/mol. The topological polar surface area (TPSA) is 75.7 Å². The lowest BCUT2D eigenvalue weighted by Gasteiger charge is -2.35. The summed E-state index contributed by atoms with van der Waals surface area (Å²) in [5.41, 5.74) is -4.84. The molecule has 9 heteroatoms. The number of Topliss-reactive ketones (excluding diaryl/α,β-unsaturated/α-hetero) is 1. The summed E-state index contributed by atoms with van der Waals surface area (Å²) in [5, 5.41) is 1.92. The third-order valence-electron chi connectivity index (χ3n) is 5.74. The first kappa shape index (κ1) is 23.8. The van der Waals surface area contributed by atoms with Gasteiger partial charge in [0.2, 0.25) is 5.54 Å². The van der Waals surface area contributed by atoms with Crippen molar-refractivity contribution in [2.75, 3.05) is 13.7 Å². The van der Waals surface area contributed by atoms with E-state index in [2.05, 4.69) is 0 Å². The molecule has 0 unspecified atom stereocenters. The highest BCUT2D eigenvalue weighted by Gasteiger charge is 2.71. The van der Waals surface area contributed by atoms with E-state index in [9.17, 15) is 27.6 Å². The van der Waals surface area contributed by atoms with Gasteiger partial charge in [-0.05, 0) is 29.9 Å². The lowest BCUT2D eigenvalue weighted by molar-refractivity contribution is -0.190. The molecule has 0 radical (unpaired) electrons. The lowest BCUT2D eigenvalue weighted by atomic mass is 9.72. The van der Waals surface area contributed by atoms with Crippen LogP contribution >= 0.6 is 0 Å². The molecule has 32 heavy (non-hydrogen) atoms. The maximum atomic E-state index is 14.7. The molecule has 0 bridgehead atoms. The van der Waals surface area contributed by atoms with Gasteiger partial charge < -0.3 is 15.0 Å². The monoisotopic (exact) mass is 452 g/mol. The van der Waals surface area contributed by atoms with Crippen LogP contribution in [0.2, 0.25) is 0 Å². The average Bonchev–Trinajstić information content (AvgIpc) is 2.89. The van der Waals surface area contributed by atoms with Crippen LogP contribution in [-0.4, -0.2) is 47.9 Å². The zero-order valence-corrected chi connectivity index (χ0v) is 18.7. The number of nitrogens with one attached hydrogen (secondary N) is 1. The summed E-state index contributed by atoms with van der Waals surface area (Å²) >= 11 is 0. The van der Waals surface area contributed by atoms with E-state index in [1.165, 1.54) is 25.3 Å². The number of allylic oxidation sites excluding steroid dienone is 1. The van der Waals surface area contributed by atoms with E-state index in [1.54, 1.807) is 33.8 Å². The highest BCUT2D eigenvalue weighted by Crippen LogP contribution is 2.52. The maximum Gasteiger partial charge on any atom is 0.425 e. The highest BCUT2D eigenvalue weighted by molar-refractivity contribution is 6.14. The van der Waals surface area contributed by atoms with Crippen LogP contribution in [0.3, 0.4) is 0 Å². The summed E-state index contributed by atoms with van der Waals surface area (Å²) in [7, 11) is 1.28. The van der Waals surface area contributed by atoms with Crippen molar-refractivity contribution in [1.29, 1.82) is 0 Å². The molecule has 174 valence electrons. The summed E-state index contributed by atoms with van der Waals surface area (Å²) < 4.78 is 49.2. The van der Waals surface area contributed by atoms with Gasteiger partial charge in [0.1, 0.15) is 5.75 Å². The molecular formula is C23H27F3N2O4. The average molecular weight is 452 g/mol. The number of ketones is 1. The molecule has 0 saturated heterocycles. The summed E-state index contributed by atoms with van der Waals surface area (Å²) in [6.45, 7) is 7.08. The standard InChI is InChI=1S/C23H27F3N2O4/c1-13(2)12-28-15-10-21(3,4)11-16(29)18(15)22(20(28)31,23(24,25)26)27-19(30)14-8-6-7-9-17(14)32-5/h6-9,13H,10-12H2,1-5H3,(H,27,30)/t22-/m1/s1. The Balaban J connectivity index is 2.21. The SMILES string of the molecule is COc1ccccc1C(=O)N[C@@]1(C(F)(F)F)C(=O)N(CC(C)C)C2=C1C(=O)CC(C)(C)C2. The van der Waals surface area contributed by atoms with Crippen LogP contribution in [0.4, 0.5) is 13.2 Å². The smallest absolute Gasteiger partial charge is 0.425 e. The zero-order chi connectivity index (χ0) is 24.1. The van der Waals surface area contributed by atoms with E-state index in [4.69, 9.17) is 4.74 Å². The van der Waals surface area contributed by atoms with Gasteiger partial charge in [-0.2, -0.15) is 13.2 Å². The fourth-order valence-electron chi connectivity index (χ4n) is 4.45. The van der Waals surface area contributed by atoms with Crippen LogP contribution in [0.15, 0.2) is 35.5 Å². The number of hydrogen-bond donors (Lipinski definition) is 1. The summed E-state index contributed by atoms with van der Waals surface area (Å²) in [5.74, 6) is -3.38. The van der Waals surface area contributed by atoms with Crippen molar-refractivity contribution >= 4 is 17.6 Å². The van der Waals surface area contributed by atoms with Gasteiger partial charge in [0, 0.05) is 18.7 Å². The minimum absolute atomic E-state index is 0.00336. The van der Waals surface area contributed by atoms with E-state index in [1.807, 2.05) is 5.32 Å². The van der Waals surface area contributed by atoms with Gasteiger partial charge in [0.05, 0.1) is 18.2 Å². The Morgan fingerprint density at radius 2 is 1.81 bits per heavy atom. The molecule has 1 aliphatic heterocycles. The largest absolute Gasteiger partial charge is 0.496 e.